The number of rotatable bonds is 6. The van der Waals surface area contributed by atoms with Crippen molar-refractivity contribution in [2.75, 3.05) is 24.2 Å². The SMILES string of the molecule is COc1ccc(C(=O)O)c(NS(=O)(=O)CC2CCCCO2)c1. The Morgan fingerprint density at radius 1 is 1.45 bits per heavy atom. The van der Waals surface area contributed by atoms with E-state index in [1.54, 1.807) is 0 Å². The summed E-state index contributed by atoms with van der Waals surface area (Å²) in [7, 11) is -2.29. The Morgan fingerprint density at radius 2 is 2.23 bits per heavy atom. The van der Waals surface area contributed by atoms with E-state index < -0.39 is 16.0 Å². The molecule has 0 aromatic heterocycles. The zero-order chi connectivity index (χ0) is 16.2. The van der Waals surface area contributed by atoms with Gasteiger partial charge in [0.2, 0.25) is 10.0 Å². The molecule has 8 heteroatoms. The van der Waals surface area contributed by atoms with Crippen molar-refractivity contribution in [1.29, 1.82) is 0 Å². The summed E-state index contributed by atoms with van der Waals surface area (Å²) < 4.78 is 37.2. The first-order valence-corrected chi connectivity index (χ1v) is 8.60. The Balaban J connectivity index is 2.18. The largest absolute Gasteiger partial charge is 0.497 e. The third-order valence-corrected chi connectivity index (χ3v) is 4.74. The van der Waals surface area contributed by atoms with E-state index in [2.05, 4.69) is 4.72 Å². The van der Waals surface area contributed by atoms with Crippen molar-refractivity contribution in [3.05, 3.63) is 23.8 Å². The van der Waals surface area contributed by atoms with Crippen molar-refractivity contribution in [2.24, 2.45) is 0 Å². The van der Waals surface area contributed by atoms with Gasteiger partial charge in [-0.2, -0.15) is 0 Å². The molecule has 0 spiro atoms. The van der Waals surface area contributed by atoms with Gasteiger partial charge in [-0.3, -0.25) is 4.72 Å². The molecule has 0 amide bonds. The highest BCUT2D eigenvalue weighted by molar-refractivity contribution is 7.92. The lowest BCUT2D eigenvalue weighted by atomic mass is 10.1. The third-order valence-electron chi connectivity index (χ3n) is 3.40. The van der Waals surface area contributed by atoms with Gasteiger partial charge in [0.15, 0.2) is 0 Å². The zero-order valence-electron chi connectivity index (χ0n) is 12.2. The highest BCUT2D eigenvalue weighted by Crippen LogP contribution is 2.24. The molecule has 1 aromatic rings. The van der Waals surface area contributed by atoms with Crippen molar-refractivity contribution in [3.63, 3.8) is 0 Å². The summed E-state index contributed by atoms with van der Waals surface area (Å²) in [5.41, 5.74) is -0.142. The summed E-state index contributed by atoms with van der Waals surface area (Å²) in [5, 5.41) is 9.15. The molecule has 0 bridgehead atoms. The second-order valence-corrected chi connectivity index (χ2v) is 6.86. The van der Waals surface area contributed by atoms with Crippen molar-refractivity contribution >= 4 is 21.7 Å². The molecule has 1 unspecified atom stereocenters. The van der Waals surface area contributed by atoms with E-state index in [9.17, 15) is 13.2 Å². The molecule has 7 nitrogen and oxygen atoms in total. The predicted molar refractivity (Wildman–Crippen MR) is 81.0 cm³/mol. The quantitative estimate of drug-likeness (QED) is 0.823. The summed E-state index contributed by atoms with van der Waals surface area (Å²) in [6.07, 6.45) is 2.19. The van der Waals surface area contributed by atoms with Crippen LogP contribution in [0, 0.1) is 0 Å². The second kappa shape index (κ2) is 6.97. The molecule has 2 N–H and O–H groups in total. The fourth-order valence-corrected chi connectivity index (χ4v) is 3.65. The summed E-state index contributed by atoms with van der Waals surface area (Å²) in [6.45, 7) is 0.555. The Bertz CT molecular complexity index is 637. The van der Waals surface area contributed by atoms with E-state index >= 15 is 0 Å². The van der Waals surface area contributed by atoms with Crippen LogP contribution in [0.4, 0.5) is 5.69 Å². The molecule has 1 aliphatic rings. The number of ether oxygens (including phenoxy) is 2. The fourth-order valence-electron chi connectivity index (χ4n) is 2.31. The molecule has 0 radical (unpaired) electrons. The van der Waals surface area contributed by atoms with Crippen LogP contribution < -0.4 is 9.46 Å². The minimum atomic E-state index is -3.71. The lowest BCUT2D eigenvalue weighted by molar-refractivity contribution is 0.0306. The number of carbonyl (C=O) groups is 1. The molecule has 122 valence electrons. The Labute approximate surface area is 129 Å². The smallest absolute Gasteiger partial charge is 0.337 e. The molecule has 1 heterocycles. The van der Waals surface area contributed by atoms with Gasteiger partial charge in [-0.1, -0.05) is 0 Å². The number of aromatic carboxylic acids is 1. The highest BCUT2D eigenvalue weighted by atomic mass is 32.2. The molecule has 1 aliphatic heterocycles. The fraction of sp³-hybridized carbons (Fsp3) is 0.500. The summed E-state index contributed by atoms with van der Waals surface area (Å²) in [4.78, 5) is 11.2. The van der Waals surface area contributed by atoms with E-state index in [0.29, 0.717) is 18.8 Å². The Hall–Kier alpha value is -1.80. The maximum atomic E-state index is 12.2. The first kappa shape index (κ1) is 16.6. The van der Waals surface area contributed by atoms with E-state index in [1.165, 1.54) is 25.3 Å². The maximum absolute atomic E-state index is 12.2. The summed E-state index contributed by atoms with van der Waals surface area (Å²) >= 11 is 0. The normalized spacial score (nSPS) is 18.7. The number of anilines is 1. The topological polar surface area (TPSA) is 102 Å². The molecular weight excluding hydrogens is 310 g/mol. The van der Waals surface area contributed by atoms with Gasteiger partial charge in [0, 0.05) is 12.7 Å². The van der Waals surface area contributed by atoms with E-state index in [-0.39, 0.29) is 23.1 Å². The van der Waals surface area contributed by atoms with Crippen LogP contribution in [-0.2, 0) is 14.8 Å². The maximum Gasteiger partial charge on any atom is 0.337 e. The number of methoxy groups -OCH3 is 1. The Kier molecular flexibility index (Phi) is 5.25. The molecule has 0 saturated carbocycles. The standard InChI is InChI=1S/C14H19NO6S/c1-20-10-5-6-12(14(16)17)13(8-10)15-22(18,19)9-11-4-2-3-7-21-11/h5-6,8,11,15H,2-4,7,9H2,1H3,(H,16,17). The van der Waals surface area contributed by atoms with E-state index in [0.717, 1.165) is 12.8 Å². The highest BCUT2D eigenvalue weighted by Gasteiger charge is 2.24. The average Bonchev–Trinajstić information content (AvgIpc) is 2.46. The lowest BCUT2D eigenvalue weighted by Crippen LogP contribution is -2.31. The van der Waals surface area contributed by atoms with Crippen molar-refractivity contribution in [1.82, 2.24) is 0 Å². The monoisotopic (exact) mass is 329 g/mol. The van der Waals surface area contributed by atoms with Crippen LogP contribution in [0.3, 0.4) is 0 Å². The Morgan fingerprint density at radius 3 is 2.82 bits per heavy atom. The van der Waals surface area contributed by atoms with Gasteiger partial charge < -0.3 is 14.6 Å². The van der Waals surface area contributed by atoms with E-state index in [1.807, 2.05) is 0 Å². The molecule has 2 rings (SSSR count). The van der Waals surface area contributed by atoms with Gasteiger partial charge in [-0.25, -0.2) is 13.2 Å². The van der Waals surface area contributed by atoms with Crippen LogP contribution in [-0.4, -0.2) is 45.1 Å². The van der Waals surface area contributed by atoms with Crippen LogP contribution in [0.15, 0.2) is 18.2 Å². The van der Waals surface area contributed by atoms with Gasteiger partial charge in [0.25, 0.3) is 0 Å². The van der Waals surface area contributed by atoms with Crippen LogP contribution >= 0.6 is 0 Å². The van der Waals surface area contributed by atoms with Crippen LogP contribution in [0.25, 0.3) is 0 Å². The lowest BCUT2D eigenvalue weighted by Gasteiger charge is -2.22. The number of sulfonamides is 1. The molecule has 1 saturated heterocycles. The van der Waals surface area contributed by atoms with Gasteiger partial charge in [-0.05, 0) is 31.4 Å². The first-order valence-electron chi connectivity index (χ1n) is 6.95. The average molecular weight is 329 g/mol. The predicted octanol–water partition coefficient (Wildman–Crippen LogP) is 1.70. The summed E-state index contributed by atoms with van der Waals surface area (Å²) in [6, 6.07) is 4.12. The van der Waals surface area contributed by atoms with Crippen LogP contribution in [0.2, 0.25) is 0 Å². The number of hydrogen-bond donors (Lipinski definition) is 2. The third kappa shape index (κ3) is 4.35. The molecular formula is C14H19NO6S. The second-order valence-electron chi connectivity index (χ2n) is 5.09. The number of carboxylic acids is 1. The van der Waals surface area contributed by atoms with Crippen molar-refractivity contribution in [2.45, 2.75) is 25.4 Å². The summed E-state index contributed by atoms with van der Waals surface area (Å²) in [5.74, 6) is -1.03. The minimum Gasteiger partial charge on any atom is -0.497 e. The van der Waals surface area contributed by atoms with Gasteiger partial charge >= 0.3 is 5.97 Å². The van der Waals surface area contributed by atoms with Gasteiger partial charge in [-0.15, -0.1) is 0 Å². The van der Waals surface area contributed by atoms with Gasteiger partial charge in [0.05, 0.1) is 30.2 Å². The number of carboxylic acid groups (broad SMARTS) is 1. The van der Waals surface area contributed by atoms with E-state index in [4.69, 9.17) is 14.6 Å². The zero-order valence-corrected chi connectivity index (χ0v) is 13.1. The molecule has 1 aromatic carbocycles. The number of nitrogens with one attached hydrogen (secondary N) is 1. The van der Waals surface area contributed by atoms with Crippen LogP contribution in [0.1, 0.15) is 29.6 Å². The van der Waals surface area contributed by atoms with Crippen molar-refractivity contribution in [3.8, 4) is 5.75 Å². The molecule has 0 aliphatic carbocycles. The number of benzene rings is 1. The van der Waals surface area contributed by atoms with Crippen molar-refractivity contribution < 1.29 is 27.8 Å². The molecule has 1 atom stereocenters. The van der Waals surface area contributed by atoms with Crippen LogP contribution in [0.5, 0.6) is 5.75 Å². The molecule has 1 fully saturated rings. The molecule has 22 heavy (non-hydrogen) atoms. The number of hydrogen-bond acceptors (Lipinski definition) is 5. The minimum absolute atomic E-state index is 0.0114. The van der Waals surface area contributed by atoms with Gasteiger partial charge in [0.1, 0.15) is 5.75 Å². The first-order chi connectivity index (χ1) is 10.4.